The van der Waals surface area contributed by atoms with Crippen LogP contribution < -0.4 is 0 Å². The second-order valence-corrected chi connectivity index (χ2v) is 5.49. The molecule has 0 aliphatic heterocycles. The molecule has 6 heteroatoms. The van der Waals surface area contributed by atoms with Crippen molar-refractivity contribution in [3.8, 4) is 0 Å². The Hall–Kier alpha value is -1.14. The molecule has 19 heavy (non-hydrogen) atoms. The van der Waals surface area contributed by atoms with Gasteiger partial charge in [-0.1, -0.05) is 0 Å². The van der Waals surface area contributed by atoms with Crippen LogP contribution in [0.5, 0.6) is 0 Å². The standard InChI is InChI=1S/C13H19N3O2S/c1-8-11(12(19-3)15-9(2)14-8)13(18)16(6-7-17)10-4-5-10/h10,17H,4-7H2,1-3H3. The molecule has 0 radical (unpaired) electrons. The van der Waals surface area contributed by atoms with E-state index < -0.39 is 0 Å². The van der Waals surface area contributed by atoms with Crippen molar-refractivity contribution in [2.24, 2.45) is 0 Å². The monoisotopic (exact) mass is 281 g/mol. The van der Waals surface area contributed by atoms with E-state index in [1.807, 2.05) is 20.1 Å². The van der Waals surface area contributed by atoms with Crippen LogP contribution in [0, 0.1) is 13.8 Å². The Balaban J connectivity index is 2.36. The van der Waals surface area contributed by atoms with Crippen LogP contribution in [0.1, 0.15) is 34.7 Å². The van der Waals surface area contributed by atoms with Gasteiger partial charge >= 0.3 is 0 Å². The van der Waals surface area contributed by atoms with Crippen molar-refractivity contribution >= 4 is 17.7 Å². The first-order valence-corrected chi connectivity index (χ1v) is 7.62. The number of aliphatic hydroxyl groups excluding tert-OH is 1. The second kappa shape index (κ2) is 5.88. The summed E-state index contributed by atoms with van der Waals surface area (Å²) >= 11 is 1.46. The molecule has 0 saturated heterocycles. The highest BCUT2D eigenvalue weighted by atomic mass is 32.2. The molecule has 1 aliphatic carbocycles. The summed E-state index contributed by atoms with van der Waals surface area (Å²) in [6.45, 7) is 4.03. The maximum atomic E-state index is 12.6. The maximum absolute atomic E-state index is 12.6. The summed E-state index contributed by atoms with van der Waals surface area (Å²) in [4.78, 5) is 23.0. The largest absolute Gasteiger partial charge is 0.395 e. The molecule has 2 rings (SSSR count). The zero-order chi connectivity index (χ0) is 14.0. The van der Waals surface area contributed by atoms with Gasteiger partial charge in [-0.05, 0) is 32.9 Å². The fraction of sp³-hybridized carbons (Fsp3) is 0.615. The average molecular weight is 281 g/mol. The fourth-order valence-electron chi connectivity index (χ4n) is 2.16. The van der Waals surface area contributed by atoms with Crippen LogP contribution in [0.15, 0.2) is 5.03 Å². The van der Waals surface area contributed by atoms with Gasteiger partial charge in [0.1, 0.15) is 10.9 Å². The van der Waals surface area contributed by atoms with Gasteiger partial charge in [0, 0.05) is 12.6 Å². The third kappa shape index (κ3) is 3.06. The number of aromatic nitrogens is 2. The maximum Gasteiger partial charge on any atom is 0.258 e. The number of amides is 1. The van der Waals surface area contributed by atoms with Crippen LogP contribution >= 0.6 is 11.8 Å². The number of aliphatic hydroxyl groups is 1. The first-order valence-electron chi connectivity index (χ1n) is 6.39. The van der Waals surface area contributed by atoms with Crippen LogP contribution in [-0.2, 0) is 0 Å². The van der Waals surface area contributed by atoms with E-state index >= 15 is 0 Å². The summed E-state index contributed by atoms with van der Waals surface area (Å²) in [5, 5.41) is 9.84. The zero-order valence-electron chi connectivity index (χ0n) is 11.5. The molecule has 1 aromatic rings. The minimum Gasteiger partial charge on any atom is -0.395 e. The predicted molar refractivity (Wildman–Crippen MR) is 74.4 cm³/mol. The quantitative estimate of drug-likeness (QED) is 0.653. The van der Waals surface area contributed by atoms with E-state index in [9.17, 15) is 4.79 Å². The first kappa shape index (κ1) is 14.3. The van der Waals surface area contributed by atoms with E-state index in [0.717, 1.165) is 17.9 Å². The minimum atomic E-state index is -0.0570. The summed E-state index contributed by atoms with van der Waals surface area (Å²) in [7, 11) is 0. The molecular formula is C13H19N3O2S. The van der Waals surface area contributed by atoms with Crippen LogP contribution in [0.2, 0.25) is 0 Å². The summed E-state index contributed by atoms with van der Waals surface area (Å²) in [6.07, 6.45) is 3.95. The van der Waals surface area contributed by atoms with E-state index in [1.54, 1.807) is 4.90 Å². The van der Waals surface area contributed by atoms with Crippen molar-refractivity contribution in [3.63, 3.8) is 0 Å². The van der Waals surface area contributed by atoms with Crippen LogP contribution in [0.25, 0.3) is 0 Å². The van der Waals surface area contributed by atoms with Crippen molar-refractivity contribution in [3.05, 3.63) is 17.1 Å². The SMILES string of the molecule is CSc1nc(C)nc(C)c1C(=O)N(CCO)C1CC1. The van der Waals surface area contributed by atoms with Crippen molar-refractivity contribution in [1.82, 2.24) is 14.9 Å². The van der Waals surface area contributed by atoms with E-state index in [-0.39, 0.29) is 18.6 Å². The number of hydrogen-bond donors (Lipinski definition) is 1. The minimum absolute atomic E-state index is 0.0113. The Morgan fingerprint density at radius 3 is 2.63 bits per heavy atom. The molecular weight excluding hydrogens is 262 g/mol. The molecule has 1 amide bonds. The van der Waals surface area contributed by atoms with Gasteiger partial charge in [-0.15, -0.1) is 11.8 Å². The van der Waals surface area contributed by atoms with Crippen molar-refractivity contribution < 1.29 is 9.90 Å². The van der Waals surface area contributed by atoms with Crippen LogP contribution in [0.3, 0.4) is 0 Å². The Morgan fingerprint density at radius 2 is 2.11 bits per heavy atom. The van der Waals surface area contributed by atoms with Crippen molar-refractivity contribution in [2.45, 2.75) is 37.8 Å². The predicted octanol–water partition coefficient (Wildman–Crippen LogP) is 1.41. The van der Waals surface area contributed by atoms with Crippen molar-refractivity contribution in [1.29, 1.82) is 0 Å². The molecule has 1 aliphatic rings. The lowest BCUT2D eigenvalue weighted by atomic mass is 10.2. The Bertz CT molecular complexity index is 489. The highest BCUT2D eigenvalue weighted by molar-refractivity contribution is 7.98. The van der Waals surface area contributed by atoms with E-state index in [0.29, 0.717) is 23.6 Å². The molecule has 0 spiro atoms. The molecule has 1 fully saturated rings. The van der Waals surface area contributed by atoms with E-state index in [2.05, 4.69) is 9.97 Å². The molecule has 1 aromatic heterocycles. The molecule has 0 aromatic carbocycles. The summed E-state index contributed by atoms with van der Waals surface area (Å²) < 4.78 is 0. The number of carbonyl (C=O) groups is 1. The van der Waals surface area contributed by atoms with Gasteiger partial charge in [-0.3, -0.25) is 4.79 Å². The number of hydrogen-bond acceptors (Lipinski definition) is 5. The molecule has 0 unspecified atom stereocenters. The summed E-state index contributed by atoms with van der Waals surface area (Å²) in [6, 6.07) is 0.273. The third-order valence-electron chi connectivity index (χ3n) is 3.17. The molecule has 1 N–H and O–H groups in total. The molecule has 1 saturated carbocycles. The molecule has 0 bridgehead atoms. The van der Waals surface area contributed by atoms with Gasteiger partial charge < -0.3 is 10.0 Å². The van der Waals surface area contributed by atoms with E-state index in [4.69, 9.17) is 5.11 Å². The number of thioether (sulfide) groups is 1. The lowest BCUT2D eigenvalue weighted by Gasteiger charge is -2.23. The number of carbonyl (C=O) groups excluding carboxylic acids is 1. The van der Waals surface area contributed by atoms with Gasteiger partial charge in [-0.2, -0.15) is 0 Å². The Labute approximate surface area is 117 Å². The van der Waals surface area contributed by atoms with Gasteiger partial charge in [0.05, 0.1) is 17.9 Å². The van der Waals surface area contributed by atoms with Crippen molar-refractivity contribution in [2.75, 3.05) is 19.4 Å². The first-order chi connectivity index (χ1) is 9.08. The van der Waals surface area contributed by atoms with Gasteiger partial charge in [0.25, 0.3) is 5.91 Å². The zero-order valence-corrected chi connectivity index (χ0v) is 12.3. The molecule has 1 heterocycles. The van der Waals surface area contributed by atoms with Gasteiger partial charge in [-0.25, -0.2) is 9.97 Å². The highest BCUT2D eigenvalue weighted by Gasteiger charge is 2.34. The number of rotatable bonds is 5. The van der Waals surface area contributed by atoms with Crippen LogP contribution in [0.4, 0.5) is 0 Å². The Kier molecular flexibility index (Phi) is 4.42. The molecule has 5 nitrogen and oxygen atoms in total. The van der Waals surface area contributed by atoms with Gasteiger partial charge in [0.15, 0.2) is 0 Å². The fourth-order valence-corrected chi connectivity index (χ4v) is 2.83. The molecule has 0 atom stereocenters. The normalized spacial score (nSPS) is 14.5. The van der Waals surface area contributed by atoms with Gasteiger partial charge in [0.2, 0.25) is 0 Å². The Morgan fingerprint density at radius 1 is 1.42 bits per heavy atom. The second-order valence-electron chi connectivity index (χ2n) is 4.69. The molecule has 104 valence electrons. The topological polar surface area (TPSA) is 66.3 Å². The van der Waals surface area contributed by atoms with E-state index in [1.165, 1.54) is 11.8 Å². The lowest BCUT2D eigenvalue weighted by molar-refractivity contribution is 0.0702. The summed E-state index contributed by atoms with van der Waals surface area (Å²) in [5.74, 6) is 0.622. The summed E-state index contributed by atoms with van der Waals surface area (Å²) in [5.41, 5.74) is 1.30. The van der Waals surface area contributed by atoms with Crippen LogP contribution in [-0.4, -0.2) is 51.3 Å². The third-order valence-corrected chi connectivity index (χ3v) is 3.85. The highest BCUT2D eigenvalue weighted by Crippen LogP contribution is 2.30. The average Bonchev–Trinajstić information content (AvgIpc) is 3.18. The number of aryl methyl sites for hydroxylation is 2. The lowest BCUT2D eigenvalue weighted by Crippen LogP contribution is -2.36. The smallest absolute Gasteiger partial charge is 0.258 e. The number of nitrogens with zero attached hydrogens (tertiary/aromatic N) is 3.